The van der Waals surface area contributed by atoms with E-state index in [4.69, 9.17) is 5.26 Å². The van der Waals surface area contributed by atoms with Gasteiger partial charge in [0.15, 0.2) is 0 Å². The van der Waals surface area contributed by atoms with Crippen molar-refractivity contribution in [2.24, 2.45) is 0 Å². The Balaban J connectivity index is 1.43. The molecule has 1 aliphatic heterocycles. The first-order valence-electron chi connectivity index (χ1n) is 10.4. The number of carbonyl (C=O) groups excluding carboxylic acids is 1. The Morgan fingerprint density at radius 2 is 1.71 bits per heavy atom. The van der Waals surface area contributed by atoms with Crippen LogP contribution in [0.5, 0.6) is 0 Å². The number of hydrogen-bond acceptors (Lipinski definition) is 4. The quantitative estimate of drug-likeness (QED) is 0.747. The Bertz CT molecular complexity index is 839. The molecule has 0 unspecified atom stereocenters. The largest absolute Gasteiger partial charge is 0.370 e. The maximum absolute atomic E-state index is 13.2. The summed E-state index contributed by atoms with van der Waals surface area (Å²) in [5, 5.41) is 8.97. The van der Waals surface area contributed by atoms with Gasteiger partial charge in [0.2, 0.25) is 0 Å². The molecule has 1 saturated heterocycles. The van der Waals surface area contributed by atoms with Crippen LogP contribution in [-0.4, -0.2) is 37.0 Å². The molecule has 0 spiro atoms. The zero-order valence-corrected chi connectivity index (χ0v) is 17.1. The van der Waals surface area contributed by atoms with Gasteiger partial charge in [-0.1, -0.05) is 12.8 Å². The molecule has 0 radical (unpaired) electrons. The van der Waals surface area contributed by atoms with Gasteiger partial charge in [0.1, 0.15) is 0 Å². The fraction of sp³-hybridized carbons (Fsp3) is 0.478. The first-order chi connectivity index (χ1) is 13.7. The Kier molecular flexibility index (Phi) is 5.97. The van der Waals surface area contributed by atoms with E-state index in [9.17, 15) is 4.79 Å². The molecule has 0 saturated carbocycles. The highest BCUT2D eigenvalue weighted by molar-refractivity contribution is 7.14. The van der Waals surface area contributed by atoms with Crippen LogP contribution in [0, 0.1) is 11.3 Å². The number of amides is 1. The number of fused-ring (bicyclic) bond motifs is 1. The fourth-order valence-corrected chi connectivity index (χ4v) is 5.45. The smallest absolute Gasteiger partial charge is 0.263 e. The lowest BCUT2D eigenvalue weighted by Crippen LogP contribution is -2.34. The number of anilines is 1. The van der Waals surface area contributed by atoms with Crippen LogP contribution in [0.1, 0.15) is 57.8 Å². The summed E-state index contributed by atoms with van der Waals surface area (Å²) in [7, 11) is 0. The molecule has 146 valence electrons. The minimum atomic E-state index is 0.207. The topological polar surface area (TPSA) is 47.3 Å². The van der Waals surface area contributed by atoms with Gasteiger partial charge in [0, 0.05) is 36.7 Å². The summed E-state index contributed by atoms with van der Waals surface area (Å²) in [5.41, 5.74) is 3.23. The molecule has 2 heterocycles. The van der Waals surface area contributed by atoms with Crippen molar-refractivity contribution in [1.29, 1.82) is 5.26 Å². The molecule has 5 heteroatoms. The van der Waals surface area contributed by atoms with E-state index in [2.05, 4.69) is 17.0 Å². The van der Waals surface area contributed by atoms with Crippen LogP contribution in [0.4, 0.5) is 5.69 Å². The summed E-state index contributed by atoms with van der Waals surface area (Å²) in [6.45, 7) is 3.34. The van der Waals surface area contributed by atoms with Gasteiger partial charge in [0.05, 0.1) is 16.5 Å². The van der Waals surface area contributed by atoms with Gasteiger partial charge >= 0.3 is 0 Å². The second kappa shape index (κ2) is 8.79. The van der Waals surface area contributed by atoms with Crippen molar-refractivity contribution in [1.82, 2.24) is 4.90 Å². The van der Waals surface area contributed by atoms with Gasteiger partial charge in [0.25, 0.3) is 5.91 Å². The number of nitriles is 1. The standard InChI is InChI=1S/C23H27N3OS/c24-17-18-8-10-20(11-9-18)25-12-5-13-26(15-14-25)23(27)22-16-19-6-3-1-2-4-7-21(19)28-22/h8-11,16H,1-7,12-15H2. The van der Waals surface area contributed by atoms with E-state index in [1.807, 2.05) is 29.2 Å². The number of rotatable bonds is 2. The van der Waals surface area contributed by atoms with Crippen LogP contribution in [0.2, 0.25) is 0 Å². The predicted molar refractivity (Wildman–Crippen MR) is 114 cm³/mol. The van der Waals surface area contributed by atoms with Gasteiger partial charge in [-0.3, -0.25) is 4.79 Å². The Morgan fingerprint density at radius 1 is 0.929 bits per heavy atom. The SMILES string of the molecule is N#Cc1ccc(N2CCCN(C(=O)c3cc4c(s3)CCCCCC4)CC2)cc1. The van der Waals surface area contributed by atoms with E-state index < -0.39 is 0 Å². The van der Waals surface area contributed by atoms with Gasteiger partial charge in [-0.05, 0) is 68.0 Å². The highest BCUT2D eigenvalue weighted by Gasteiger charge is 2.23. The van der Waals surface area contributed by atoms with Gasteiger partial charge in [-0.25, -0.2) is 0 Å². The molecular weight excluding hydrogens is 366 g/mol. The minimum absolute atomic E-state index is 0.207. The highest BCUT2D eigenvalue weighted by Crippen LogP contribution is 2.29. The molecule has 0 atom stereocenters. The molecule has 1 aromatic carbocycles. The van der Waals surface area contributed by atoms with E-state index in [-0.39, 0.29) is 5.91 Å². The molecular formula is C23H27N3OS. The summed E-state index contributed by atoms with van der Waals surface area (Å²) in [6.07, 6.45) is 8.38. The van der Waals surface area contributed by atoms with Crippen molar-refractivity contribution >= 4 is 22.9 Å². The molecule has 0 bridgehead atoms. The molecule has 28 heavy (non-hydrogen) atoms. The molecule has 2 aliphatic rings. The highest BCUT2D eigenvalue weighted by atomic mass is 32.1. The Morgan fingerprint density at radius 3 is 2.50 bits per heavy atom. The van der Waals surface area contributed by atoms with Gasteiger partial charge in [-0.15, -0.1) is 11.3 Å². The lowest BCUT2D eigenvalue weighted by atomic mass is 10.00. The third-order valence-corrected chi connectivity index (χ3v) is 7.08. The first kappa shape index (κ1) is 19.0. The fourth-order valence-electron chi connectivity index (χ4n) is 4.23. The van der Waals surface area contributed by atoms with E-state index in [1.54, 1.807) is 11.3 Å². The molecule has 4 rings (SSSR count). The zero-order valence-electron chi connectivity index (χ0n) is 16.3. The normalized spacial score (nSPS) is 17.8. The van der Waals surface area contributed by atoms with Crippen molar-refractivity contribution in [3.63, 3.8) is 0 Å². The monoisotopic (exact) mass is 393 g/mol. The summed E-state index contributed by atoms with van der Waals surface area (Å²) in [6, 6.07) is 12.1. The lowest BCUT2D eigenvalue weighted by molar-refractivity contribution is 0.0772. The summed E-state index contributed by atoms with van der Waals surface area (Å²) in [4.78, 5) is 19.9. The number of nitrogens with zero attached hydrogens (tertiary/aromatic N) is 3. The van der Waals surface area contributed by atoms with Crippen molar-refractivity contribution < 1.29 is 4.79 Å². The summed E-state index contributed by atoms with van der Waals surface area (Å²) < 4.78 is 0. The lowest BCUT2D eigenvalue weighted by Gasteiger charge is -2.23. The maximum atomic E-state index is 13.2. The number of carbonyl (C=O) groups is 1. The number of aryl methyl sites for hydroxylation is 2. The van der Waals surface area contributed by atoms with Crippen LogP contribution >= 0.6 is 11.3 Å². The van der Waals surface area contributed by atoms with Crippen LogP contribution in [0.15, 0.2) is 30.3 Å². The van der Waals surface area contributed by atoms with E-state index in [0.29, 0.717) is 5.56 Å². The molecule has 4 nitrogen and oxygen atoms in total. The van der Waals surface area contributed by atoms with Crippen LogP contribution in [-0.2, 0) is 12.8 Å². The third kappa shape index (κ3) is 4.23. The number of benzene rings is 1. The summed E-state index contributed by atoms with van der Waals surface area (Å²) in [5.74, 6) is 0.207. The summed E-state index contributed by atoms with van der Waals surface area (Å²) >= 11 is 1.73. The van der Waals surface area contributed by atoms with E-state index >= 15 is 0 Å². The molecule has 1 aliphatic carbocycles. The molecule has 1 aromatic heterocycles. The first-order valence-corrected chi connectivity index (χ1v) is 11.2. The van der Waals surface area contributed by atoms with Crippen molar-refractivity contribution in [2.45, 2.75) is 44.9 Å². The van der Waals surface area contributed by atoms with E-state index in [1.165, 1.54) is 36.1 Å². The van der Waals surface area contributed by atoms with Crippen molar-refractivity contribution in [2.75, 3.05) is 31.1 Å². The number of thiophene rings is 1. The predicted octanol–water partition coefficient (Wildman–Crippen LogP) is 4.63. The Labute approximate surface area is 171 Å². The van der Waals surface area contributed by atoms with Crippen LogP contribution < -0.4 is 4.90 Å². The number of hydrogen-bond donors (Lipinski definition) is 0. The molecule has 0 N–H and O–H groups in total. The average Bonchev–Trinajstić information content (AvgIpc) is 2.94. The average molecular weight is 394 g/mol. The molecule has 1 amide bonds. The maximum Gasteiger partial charge on any atom is 0.263 e. The van der Waals surface area contributed by atoms with Gasteiger partial charge in [-0.2, -0.15) is 5.26 Å². The zero-order chi connectivity index (χ0) is 19.3. The molecule has 2 aromatic rings. The van der Waals surface area contributed by atoms with E-state index in [0.717, 1.165) is 56.0 Å². The van der Waals surface area contributed by atoms with Crippen LogP contribution in [0.25, 0.3) is 0 Å². The van der Waals surface area contributed by atoms with Crippen LogP contribution in [0.3, 0.4) is 0 Å². The third-order valence-electron chi connectivity index (χ3n) is 5.85. The van der Waals surface area contributed by atoms with Crippen molar-refractivity contribution in [3.05, 3.63) is 51.2 Å². The minimum Gasteiger partial charge on any atom is -0.370 e. The molecule has 1 fully saturated rings. The van der Waals surface area contributed by atoms with Gasteiger partial charge < -0.3 is 9.80 Å². The Hall–Kier alpha value is -2.32. The van der Waals surface area contributed by atoms with Crippen molar-refractivity contribution in [3.8, 4) is 6.07 Å². The second-order valence-electron chi connectivity index (χ2n) is 7.76. The second-order valence-corrected chi connectivity index (χ2v) is 8.90.